The second-order valence-electron chi connectivity index (χ2n) is 4.70. The Hall–Kier alpha value is -1.43. The van der Waals surface area contributed by atoms with Crippen molar-refractivity contribution in [2.24, 2.45) is 0 Å². The summed E-state index contributed by atoms with van der Waals surface area (Å²) in [7, 11) is 0. The maximum atomic E-state index is 11.1. The van der Waals surface area contributed by atoms with Crippen LogP contribution in [0.1, 0.15) is 52.9 Å². The fourth-order valence-corrected chi connectivity index (χ4v) is 1.86. The molecular formula is C14H24O6. The van der Waals surface area contributed by atoms with Gasteiger partial charge in [-0.05, 0) is 6.42 Å². The Morgan fingerprint density at radius 2 is 1.70 bits per heavy atom. The van der Waals surface area contributed by atoms with Crippen LogP contribution in [0.25, 0.3) is 0 Å². The highest BCUT2D eigenvalue weighted by Gasteiger charge is 2.33. The molecule has 0 amide bonds. The Kier molecular flexibility index (Phi) is 9.63. The number of carbonyl (C=O) groups excluding carboxylic acids is 3. The summed E-state index contributed by atoms with van der Waals surface area (Å²) in [6, 6.07) is 0. The van der Waals surface area contributed by atoms with Crippen LogP contribution in [-0.2, 0) is 23.9 Å². The molecule has 0 bridgehead atoms. The van der Waals surface area contributed by atoms with Gasteiger partial charge in [0.05, 0.1) is 6.10 Å². The number of aliphatic hydroxyl groups excluding tert-OH is 1. The second kappa shape index (κ2) is 10.4. The van der Waals surface area contributed by atoms with Crippen molar-refractivity contribution in [3.8, 4) is 0 Å². The first kappa shape index (κ1) is 18.6. The van der Waals surface area contributed by atoms with Crippen molar-refractivity contribution in [2.45, 2.75) is 71.2 Å². The minimum absolute atomic E-state index is 0.365. The Labute approximate surface area is 119 Å². The van der Waals surface area contributed by atoms with Gasteiger partial charge in [-0.25, -0.2) is 0 Å². The van der Waals surface area contributed by atoms with Gasteiger partial charge in [-0.2, -0.15) is 0 Å². The summed E-state index contributed by atoms with van der Waals surface area (Å²) in [5, 5.41) is 10.0. The van der Waals surface area contributed by atoms with Crippen LogP contribution in [0.15, 0.2) is 0 Å². The van der Waals surface area contributed by atoms with Gasteiger partial charge in [0.15, 0.2) is 18.5 Å². The summed E-state index contributed by atoms with van der Waals surface area (Å²) >= 11 is 0. The fraction of sp³-hybridized carbons (Fsp3) is 0.786. The van der Waals surface area contributed by atoms with Crippen LogP contribution >= 0.6 is 0 Å². The van der Waals surface area contributed by atoms with E-state index in [0.29, 0.717) is 12.7 Å². The molecule has 0 fully saturated rings. The summed E-state index contributed by atoms with van der Waals surface area (Å²) in [6.45, 7) is 4.39. The first-order valence-corrected chi connectivity index (χ1v) is 6.90. The molecule has 0 radical (unpaired) electrons. The highest BCUT2D eigenvalue weighted by atomic mass is 16.6. The molecule has 0 aromatic rings. The van der Waals surface area contributed by atoms with Crippen LogP contribution in [-0.4, -0.2) is 41.6 Å². The molecule has 0 aliphatic carbocycles. The summed E-state index contributed by atoms with van der Waals surface area (Å²) in [5.41, 5.74) is 0. The van der Waals surface area contributed by atoms with E-state index in [1.807, 2.05) is 0 Å². The van der Waals surface area contributed by atoms with Gasteiger partial charge in [-0.3, -0.25) is 14.4 Å². The lowest BCUT2D eigenvalue weighted by molar-refractivity contribution is -0.175. The van der Waals surface area contributed by atoms with Gasteiger partial charge in [0.1, 0.15) is 0 Å². The topological polar surface area (TPSA) is 89.9 Å². The summed E-state index contributed by atoms with van der Waals surface area (Å²) in [4.78, 5) is 32.9. The van der Waals surface area contributed by atoms with Gasteiger partial charge in [0.25, 0.3) is 0 Å². The van der Waals surface area contributed by atoms with E-state index in [9.17, 15) is 19.5 Å². The van der Waals surface area contributed by atoms with Gasteiger partial charge in [-0.15, -0.1) is 0 Å². The Balaban J connectivity index is 4.61. The van der Waals surface area contributed by atoms with Crippen molar-refractivity contribution < 1.29 is 29.0 Å². The molecule has 6 heteroatoms. The van der Waals surface area contributed by atoms with Crippen molar-refractivity contribution in [2.75, 3.05) is 0 Å². The van der Waals surface area contributed by atoms with Crippen LogP contribution < -0.4 is 0 Å². The molecule has 3 atom stereocenters. The van der Waals surface area contributed by atoms with Crippen molar-refractivity contribution in [1.29, 1.82) is 0 Å². The number of hydrogen-bond donors (Lipinski definition) is 1. The van der Waals surface area contributed by atoms with Crippen molar-refractivity contribution in [3.63, 3.8) is 0 Å². The Morgan fingerprint density at radius 1 is 1.10 bits per heavy atom. The molecule has 0 aromatic heterocycles. The molecule has 0 aromatic carbocycles. The van der Waals surface area contributed by atoms with Crippen molar-refractivity contribution >= 4 is 18.2 Å². The molecule has 3 unspecified atom stereocenters. The third-order valence-electron chi connectivity index (χ3n) is 2.79. The number of rotatable bonds is 10. The second-order valence-corrected chi connectivity index (χ2v) is 4.70. The van der Waals surface area contributed by atoms with E-state index in [4.69, 9.17) is 9.47 Å². The maximum absolute atomic E-state index is 11.1. The standard InChI is InChI=1S/C14H24O6/c1-4-5-6-7-8-12(18)14(20-11(3)17)13(9-15)19-10(2)16/h9,12-14,18H,4-8H2,1-3H3. The Morgan fingerprint density at radius 3 is 2.15 bits per heavy atom. The van der Waals surface area contributed by atoms with Crippen LogP contribution in [0.2, 0.25) is 0 Å². The summed E-state index contributed by atoms with van der Waals surface area (Å²) in [6.07, 6.45) is 1.07. The molecule has 0 rings (SSSR count). The van der Waals surface area contributed by atoms with Crippen molar-refractivity contribution in [1.82, 2.24) is 0 Å². The van der Waals surface area contributed by atoms with Gasteiger partial charge < -0.3 is 14.6 Å². The molecule has 0 heterocycles. The largest absolute Gasteiger partial charge is 0.455 e. The van der Waals surface area contributed by atoms with Crippen LogP contribution in [0.4, 0.5) is 0 Å². The maximum Gasteiger partial charge on any atom is 0.303 e. The molecule has 0 aliphatic heterocycles. The zero-order chi connectivity index (χ0) is 15.5. The van der Waals surface area contributed by atoms with Gasteiger partial charge in [0, 0.05) is 13.8 Å². The third-order valence-corrected chi connectivity index (χ3v) is 2.79. The Bertz CT molecular complexity index is 315. The number of hydrogen-bond acceptors (Lipinski definition) is 6. The number of aldehydes is 1. The minimum Gasteiger partial charge on any atom is -0.455 e. The van der Waals surface area contributed by atoms with Crippen LogP contribution in [0, 0.1) is 0 Å². The highest BCUT2D eigenvalue weighted by Crippen LogP contribution is 2.15. The zero-order valence-corrected chi connectivity index (χ0v) is 12.3. The smallest absolute Gasteiger partial charge is 0.303 e. The molecule has 6 nitrogen and oxygen atoms in total. The fourth-order valence-electron chi connectivity index (χ4n) is 1.86. The molecule has 0 saturated heterocycles. The van der Waals surface area contributed by atoms with E-state index < -0.39 is 30.3 Å². The van der Waals surface area contributed by atoms with E-state index in [1.165, 1.54) is 6.92 Å². The van der Waals surface area contributed by atoms with Gasteiger partial charge in [-0.1, -0.05) is 32.6 Å². The molecular weight excluding hydrogens is 264 g/mol. The lowest BCUT2D eigenvalue weighted by atomic mass is 10.0. The summed E-state index contributed by atoms with van der Waals surface area (Å²) < 4.78 is 9.69. The predicted molar refractivity (Wildman–Crippen MR) is 71.9 cm³/mol. The van der Waals surface area contributed by atoms with Gasteiger partial charge in [0.2, 0.25) is 0 Å². The van der Waals surface area contributed by atoms with Gasteiger partial charge >= 0.3 is 11.9 Å². The van der Waals surface area contributed by atoms with E-state index >= 15 is 0 Å². The number of unbranched alkanes of at least 4 members (excludes halogenated alkanes) is 3. The quantitative estimate of drug-likeness (QED) is 0.371. The molecule has 116 valence electrons. The molecule has 0 spiro atoms. The number of esters is 2. The van der Waals surface area contributed by atoms with Crippen LogP contribution in [0.5, 0.6) is 0 Å². The number of ether oxygens (including phenoxy) is 2. The predicted octanol–water partition coefficient (Wildman–Crippen LogP) is 1.38. The van der Waals surface area contributed by atoms with Crippen LogP contribution in [0.3, 0.4) is 0 Å². The van der Waals surface area contributed by atoms with Crippen molar-refractivity contribution in [3.05, 3.63) is 0 Å². The molecule has 1 N–H and O–H groups in total. The highest BCUT2D eigenvalue weighted by molar-refractivity contribution is 5.71. The molecule has 0 saturated carbocycles. The average molecular weight is 288 g/mol. The first-order valence-electron chi connectivity index (χ1n) is 6.90. The third kappa shape index (κ3) is 7.89. The number of carbonyl (C=O) groups is 3. The number of aliphatic hydroxyl groups is 1. The first-order chi connectivity index (χ1) is 9.42. The van der Waals surface area contributed by atoms with E-state index in [1.54, 1.807) is 0 Å². The lowest BCUT2D eigenvalue weighted by Crippen LogP contribution is -2.44. The lowest BCUT2D eigenvalue weighted by Gasteiger charge is -2.26. The molecule has 0 aliphatic rings. The minimum atomic E-state index is -1.28. The molecule has 20 heavy (non-hydrogen) atoms. The normalized spacial score (nSPS) is 15.0. The monoisotopic (exact) mass is 288 g/mol. The SMILES string of the molecule is CCCCCCC(O)C(OC(C)=O)C(C=O)OC(C)=O. The van der Waals surface area contributed by atoms with E-state index in [-0.39, 0.29) is 0 Å². The van der Waals surface area contributed by atoms with E-state index in [0.717, 1.165) is 32.6 Å². The summed E-state index contributed by atoms with van der Waals surface area (Å²) in [5.74, 6) is -1.31. The average Bonchev–Trinajstić information content (AvgIpc) is 2.37. The van der Waals surface area contributed by atoms with E-state index in [2.05, 4.69) is 6.92 Å². The zero-order valence-electron chi connectivity index (χ0n) is 12.3.